The first-order chi connectivity index (χ1) is 11.6. The highest BCUT2D eigenvalue weighted by Gasteiger charge is 2.20. The van der Waals surface area contributed by atoms with Crippen molar-refractivity contribution in [3.8, 4) is 11.5 Å². The second-order valence-corrected chi connectivity index (χ2v) is 6.36. The second kappa shape index (κ2) is 7.55. The van der Waals surface area contributed by atoms with Crippen LogP contribution in [-0.4, -0.2) is 31.2 Å². The van der Waals surface area contributed by atoms with Crippen molar-refractivity contribution >= 4 is 17.5 Å². The fraction of sp³-hybridized carbons (Fsp3) is 0.556. The van der Waals surface area contributed by atoms with Gasteiger partial charge in [0, 0.05) is 37.7 Å². The largest absolute Gasteiger partial charge is 0.454 e. The van der Waals surface area contributed by atoms with Crippen molar-refractivity contribution in [2.45, 2.75) is 51.5 Å². The first-order valence-corrected chi connectivity index (χ1v) is 8.60. The molecule has 0 spiro atoms. The van der Waals surface area contributed by atoms with Gasteiger partial charge in [0.1, 0.15) is 0 Å². The summed E-state index contributed by atoms with van der Waals surface area (Å²) in [5.41, 5.74) is 0.720. The van der Waals surface area contributed by atoms with E-state index in [0.717, 1.165) is 18.5 Å². The van der Waals surface area contributed by atoms with E-state index in [4.69, 9.17) is 9.47 Å². The summed E-state index contributed by atoms with van der Waals surface area (Å²) in [7, 11) is 0. The molecule has 0 radical (unpaired) electrons. The van der Waals surface area contributed by atoms with Gasteiger partial charge in [0.05, 0.1) is 0 Å². The molecule has 1 aromatic carbocycles. The summed E-state index contributed by atoms with van der Waals surface area (Å²) in [5, 5.41) is 3.08. The maximum atomic E-state index is 12.2. The molecule has 1 aromatic rings. The van der Waals surface area contributed by atoms with Gasteiger partial charge >= 0.3 is 0 Å². The number of ether oxygens (including phenoxy) is 2. The zero-order chi connectivity index (χ0) is 16.9. The lowest BCUT2D eigenvalue weighted by atomic mass is 9.95. The first kappa shape index (κ1) is 16.6. The Balaban J connectivity index is 1.58. The monoisotopic (exact) mass is 332 g/mol. The number of anilines is 1. The molecule has 0 unspecified atom stereocenters. The van der Waals surface area contributed by atoms with Gasteiger partial charge in [0.15, 0.2) is 11.5 Å². The summed E-state index contributed by atoms with van der Waals surface area (Å²) in [6.07, 6.45) is 6.04. The second-order valence-electron chi connectivity index (χ2n) is 6.36. The third-order valence-electron chi connectivity index (χ3n) is 4.58. The molecule has 0 atom stereocenters. The van der Waals surface area contributed by atoms with E-state index in [1.54, 1.807) is 17.0 Å². The predicted molar refractivity (Wildman–Crippen MR) is 90.2 cm³/mol. The minimum absolute atomic E-state index is 0.00823. The van der Waals surface area contributed by atoms with Gasteiger partial charge in [-0.3, -0.25) is 9.59 Å². The van der Waals surface area contributed by atoms with Gasteiger partial charge in [-0.2, -0.15) is 0 Å². The number of hydrogen-bond donors (Lipinski definition) is 1. The van der Waals surface area contributed by atoms with Crippen LogP contribution in [0.25, 0.3) is 0 Å². The molecule has 130 valence electrons. The normalized spacial score (nSPS) is 16.7. The van der Waals surface area contributed by atoms with Crippen molar-refractivity contribution < 1.29 is 19.1 Å². The van der Waals surface area contributed by atoms with Gasteiger partial charge in [-0.15, -0.1) is 0 Å². The van der Waals surface area contributed by atoms with Crippen LogP contribution in [0.1, 0.15) is 45.4 Å². The van der Waals surface area contributed by atoms with Crippen LogP contribution < -0.4 is 19.7 Å². The van der Waals surface area contributed by atoms with E-state index in [-0.39, 0.29) is 18.6 Å². The summed E-state index contributed by atoms with van der Waals surface area (Å²) in [6, 6.07) is 5.68. The Hall–Kier alpha value is -2.24. The third-order valence-corrected chi connectivity index (χ3v) is 4.58. The minimum atomic E-state index is -0.0978. The van der Waals surface area contributed by atoms with Crippen LogP contribution in [0.4, 0.5) is 5.69 Å². The van der Waals surface area contributed by atoms with Crippen LogP contribution in [0.2, 0.25) is 0 Å². The van der Waals surface area contributed by atoms with E-state index < -0.39 is 0 Å². The zero-order valence-electron chi connectivity index (χ0n) is 14.0. The molecule has 6 nitrogen and oxygen atoms in total. The molecule has 1 aliphatic heterocycles. The van der Waals surface area contributed by atoms with Gasteiger partial charge in [-0.05, 0) is 25.0 Å². The predicted octanol–water partition coefficient (Wildman–Crippen LogP) is 2.61. The number of nitrogens with zero attached hydrogens (tertiary/aromatic N) is 1. The van der Waals surface area contributed by atoms with Crippen molar-refractivity contribution in [3.05, 3.63) is 18.2 Å². The Morgan fingerprint density at radius 1 is 1.17 bits per heavy atom. The number of benzene rings is 1. The summed E-state index contributed by atoms with van der Waals surface area (Å²) in [6.45, 7) is 2.06. The molecule has 0 aromatic heterocycles. The van der Waals surface area contributed by atoms with Crippen molar-refractivity contribution in [1.29, 1.82) is 0 Å². The molecular weight excluding hydrogens is 308 g/mol. The molecule has 1 heterocycles. The Labute approximate surface area is 142 Å². The van der Waals surface area contributed by atoms with Gasteiger partial charge in [-0.1, -0.05) is 19.3 Å². The molecule has 2 amide bonds. The SMILES string of the molecule is CC(=O)N(CCC(=O)NC1CCCCC1)c1ccc2c(c1)OCO2. The lowest BCUT2D eigenvalue weighted by Gasteiger charge is -2.24. The molecule has 0 bridgehead atoms. The van der Waals surface area contributed by atoms with E-state index in [2.05, 4.69) is 5.32 Å². The number of carbonyl (C=O) groups is 2. The quantitative estimate of drug-likeness (QED) is 0.900. The lowest BCUT2D eigenvalue weighted by Crippen LogP contribution is -2.39. The number of amides is 2. The van der Waals surface area contributed by atoms with Crippen LogP contribution in [-0.2, 0) is 9.59 Å². The van der Waals surface area contributed by atoms with Crippen LogP contribution in [0.5, 0.6) is 11.5 Å². The molecule has 2 aliphatic rings. The van der Waals surface area contributed by atoms with Gasteiger partial charge < -0.3 is 19.7 Å². The molecule has 1 aliphatic carbocycles. The smallest absolute Gasteiger partial charge is 0.231 e. The summed E-state index contributed by atoms with van der Waals surface area (Å²) < 4.78 is 10.6. The standard InChI is InChI=1S/C18H24N2O4/c1-13(21)20(15-7-8-16-17(11-15)24-12-23-16)10-9-18(22)19-14-5-3-2-4-6-14/h7-8,11,14H,2-6,9-10,12H2,1H3,(H,19,22). The number of nitrogens with one attached hydrogen (secondary N) is 1. The summed E-state index contributed by atoms with van der Waals surface area (Å²) >= 11 is 0. The van der Waals surface area contributed by atoms with E-state index >= 15 is 0 Å². The fourth-order valence-electron chi connectivity index (χ4n) is 3.28. The van der Waals surface area contributed by atoms with E-state index in [1.807, 2.05) is 6.07 Å². The maximum Gasteiger partial charge on any atom is 0.231 e. The average Bonchev–Trinajstić information content (AvgIpc) is 3.03. The van der Waals surface area contributed by atoms with Crippen LogP contribution in [0.3, 0.4) is 0 Å². The number of rotatable bonds is 5. The highest BCUT2D eigenvalue weighted by Crippen LogP contribution is 2.35. The molecular formula is C18H24N2O4. The molecule has 1 saturated carbocycles. The topological polar surface area (TPSA) is 67.9 Å². The third kappa shape index (κ3) is 3.99. The number of hydrogen-bond acceptors (Lipinski definition) is 4. The molecule has 3 rings (SSSR count). The van der Waals surface area contributed by atoms with Gasteiger partial charge in [0.25, 0.3) is 0 Å². The van der Waals surface area contributed by atoms with Gasteiger partial charge in [-0.25, -0.2) is 0 Å². The zero-order valence-corrected chi connectivity index (χ0v) is 14.0. The Kier molecular flexibility index (Phi) is 5.23. The molecule has 6 heteroatoms. The minimum Gasteiger partial charge on any atom is -0.454 e. The van der Waals surface area contributed by atoms with E-state index in [1.165, 1.54) is 26.2 Å². The maximum absolute atomic E-state index is 12.2. The van der Waals surface area contributed by atoms with Crippen molar-refractivity contribution in [2.24, 2.45) is 0 Å². The molecule has 1 fully saturated rings. The highest BCUT2D eigenvalue weighted by molar-refractivity contribution is 5.92. The van der Waals surface area contributed by atoms with Crippen molar-refractivity contribution in [1.82, 2.24) is 5.32 Å². The molecule has 0 saturated heterocycles. The van der Waals surface area contributed by atoms with Crippen LogP contribution in [0.15, 0.2) is 18.2 Å². The Morgan fingerprint density at radius 2 is 1.92 bits per heavy atom. The number of fused-ring (bicyclic) bond motifs is 1. The average molecular weight is 332 g/mol. The fourth-order valence-corrected chi connectivity index (χ4v) is 3.28. The van der Waals surface area contributed by atoms with Gasteiger partial charge in [0.2, 0.25) is 18.6 Å². The first-order valence-electron chi connectivity index (χ1n) is 8.60. The highest BCUT2D eigenvalue weighted by atomic mass is 16.7. The van der Waals surface area contributed by atoms with E-state index in [0.29, 0.717) is 30.5 Å². The molecule has 24 heavy (non-hydrogen) atoms. The van der Waals surface area contributed by atoms with Crippen LogP contribution >= 0.6 is 0 Å². The van der Waals surface area contributed by atoms with Crippen molar-refractivity contribution in [2.75, 3.05) is 18.2 Å². The number of carbonyl (C=O) groups excluding carboxylic acids is 2. The summed E-state index contributed by atoms with van der Waals surface area (Å²) in [4.78, 5) is 25.7. The Morgan fingerprint density at radius 3 is 2.67 bits per heavy atom. The molecule has 1 N–H and O–H groups in total. The lowest BCUT2D eigenvalue weighted by molar-refractivity contribution is -0.121. The van der Waals surface area contributed by atoms with Crippen molar-refractivity contribution in [3.63, 3.8) is 0 Å². The summed E-state index contributed by atoms with van der Waals surface area (Å²) in [5.74, 6) is 1.22. The van der Waals surface area contributed by atoms with Crippen LogP contribution in [0, 0.1) is 0 Å². The Bertz CT molecular complexity index is 611. The van der Waals surface area contributed by atoms with E-state index in [9.17, 15) is 9.59 Å².